The van der Waals surface area contributed by atoms with Crippen LogP contribution in [-0.4, -0.2) is 12.9 Å². The van der Waals surface area contributed by atoms with Gasteiger partial charge >= 0.3 is 0 Å². The topological polar surface area (TPSA) is 75.3 Å². The van der Waals surface area contributed by atoms with Crippen molar-refractivity contribution in [2.75, 3.05) is 7.11 Å². The lowest BCUT2D eigenvalue weighted by molar-refractivity contribution is -0.118. The lowest BCUT2D eigenvalue weighted by Gasteiger charge is -2.38. The molecular weight excluding hydrogens is 364 g/mol. The van der Waals surface area contributed by atoms with Crippen LogP contribution < -0.4 is 10.1 Å². The molecule has 2 heterocycles. The number of furan rings is 1. The molecule has 1 aliphatic heterocycles. The van der Waals surface area contributed by atoms with E-state index >= 15 is 0 Å². The molecule has 1 aliphatic carbocycles. The molecule has 1 aromatic carbocycles. The minimum atomic E-state index is -0.466. The van der Waals surface area contributed by atoms with Crippen molar-refractivity contribution in [3.05, 3.63) is 64.7 Å². The Hall–Kier alpha value is -3.26. The van der Waals surface area contributed by atoms with Crippen LogP contribution in [-0.2, 0) is 4.79 Å². The molecule has 0 fully saturated rings. The van der Waals surface area contributed by atoms with Gasteiger partial charge in [0.1, 0.15) is 17.3 Å². The zero-order valence-corrected chi connectivity index (χ0v) is 17.1. The number of ether oxygens (including phenoxy) is 1. The molecule has 29 heavy (non-hydrogen) atoms. The van der Waals surface area contributed by atoms with E-state index in [1.54, 1.807) is 7.11 Å². The zero-order valence-electron chi connectivity index (χ0n) is 17.1. The number of hydrogen-bond donors (Lipinski definition) is 1. The van der Waals surface area contributed by atoms with E-state index in [1.807, 2.05) is 43.3 Å². The third kappa shape index (κ3) is 3.36. The predicted octanol–water partition coefficient (Wildman–Crippen LogP) is 5.08. The average molecular weight is 388 g/mol. The van der Waals surface area contributed by atoms with Crippen molar-refractivity contribution in [3.63, 3.8) is 0 Å². The number of nitriles is 1. The number of nitrogens with zero attached hydrogens (tertiary/aromatic N) is 1. The summed E-state index contributed by atoms with van der Waals surface area (Å²) in [7, 11) is 1.63. The summed E-state index contributed by atoms with van der Waals surface area (Å²) in [5, 5.41) is 13.1. The van der Waals surface area contributed by atoms with E-state index in [9.17, 15) is 10.1 Å². The molecule has 2 aromatic rings. The highest BCUT2D eigenvalue weighted by Crippen LogP contribution is 2.47. The number of carbonyl (C=O) groups is 1. The van der Waals surface area contributed by atoms with Gasteiger partial charge in [0.2, 0.25) is 0 Å². The molecule has 1 unspecified atom stereocenters. The van der Waals surface area contributed by atoms with Gasteiger partial charge in [-0.15, -0.1) is 0 Å². The van der Waals surface area contributed by atoms with Gasteiger partial charge in [0.05, 0.1) is 24.7 Å². The number of dihydropyridines is 1. The lowest BCUT2D eigenvalue weighted by Crippen LogP contribution is -2.36. The fourth-order valence-corrected chi connectivity index (χ4v) is 4.29. The maximum Gasteiger partial charge on any atom is 0.162 e. The number of nitrogens with one attached hydrogen (secondary N) is 1. The van der Waals surface area contributed by atoms with E-state index in [2.05, 4.69) is 25.2 Å². The summed E-state index contributed by atoms with van der Waals surface area (Å²) in [5.41, 5.74) is 3.71. The van der Waals surface area contributed by atoms with Crippen LogP contribution in [0.15, 0.2) is 63.4 Å². The summed E-state index contributed by atoms with van der Waals surface area (Å²) in [6.45, 7) is 6.08. The van der Waals surface area contributed by atoms with E-state index in [-0.39, 0.29) is 11.2 Å². The fraction of sp³-hybridized carbons (Fsp3) is 0.333. The molecule has 0 saturated heterocycles. The van der Waals surface area contributed by atoms with Crippen molar-refractivity contribution in [2.45, 2.75) is 39.5 Å². The number of carbonyl (C=O) groups excluding carboxylic acids is 1. The molecule has 0 bridgehead atoms. The number of hydrogen-bond acceptors (Lipinski definition) is 5. The normalized spacial score (nSPS) is 20.8. The van der Waals surface area contributed by atoms with Crippen molar-refractivity contribution >= 4 is 5.78 Å². The third-order valence-electron chi connectivity index (χ3n) is 5.65. The smallest absolute Gasteiger partial charge is 0.162 e. The average Bonchev–Trinajstić information content (AvgIpc) is 3.15. The van der Waals surface area contributed by atoms with Gasteiger partial charge in [0.15, 0.2) is 5.78 Å². The Morgan fingerprint density at radius 3 is 2.55 bits per heavy atom. The highest BCUT2D eigenvalue weighted by atomic mass is 16.5. The predicted molar refractivity (Wildman–Crippen MR) is 110 cm³/mol. The van der Waals surface area contributed by atoms with Gasteiger partial charge in [-0.25, -0.2) is 0 Å². The first-order valence-corrected chi connectivity index (χ1v) is 9.71. The summed E-state index contributed by atoms with van der Waals surface area (Å²) >= 11 is 0. The molecule has 148 valence electrons. The van der Waals surface area contributed by atoms with Crippen LogP contribution in [0.2, 0.25) is 0 Å². The van der Waals surface area contributed by atoms with Crippen LogP contribution in [0, 0.1) is 16.7 Å². The Bertz CT molecular complexity index is 1080. The second-order valence-corrected chi connectivity index (χ2v) is 8.47. The van der Waals surface area contributed by atoms with Crippen molar-refractivity contribution in [3.8, 4) is 23.1 Å². The first kappa shape index (κ1) is 19.1. The summed E-state index contributed by atoms with van der Waals surface area (Å²) in [5.74, 6) is 1.70. The maximum atomic E-state index is 13.1. The molecule has 0 spiro atoms. The summed E-state index contributed by atoms with van der Waals surface area (Å²) in [6.07, 6.45) is 1.24. The molecule has 1 aromatic heterocycles. The SMILES string of the molecule is COc1ccc(-c2ccc(C3C(C#N)=C(C)NC4=C3C(=O)CC(C)(C)C4)o2)cc1. The summed E-state index contributed by atoms with van der Waals surface area (Å²) in [6, 6.07) is 13.7. The van der Waals surface area contributed by atoms with E-state index < -0.39 is 5.92 Å². The number of benzene rings is 1. The van der Waals surface area contributed by atoms with E-state index in [4.69, 9.17) is 9.15 Å². The largest absolute Gasteiger partial charge is 0.497 e. The second kappa shape index (κ2) is 6.97. The molecule has 4 rings (SSSR count). The first-order chi connectivity index (χ1) is 13.8. The van der Waals surface area contributed by atoms with Gasteiger partial charge in [-0.1, -0.05) is 13.8 Å². The van der Waals surface area contributed by atoms with Crippen LogP contribution >= 0.6 is 0 Å². The molecule has 0 saturated carbocycles. The Kier molecular flexibility index (Phi) is 4.58. The molecule has 2 aliphatic rings. The van der Waals surface area contributed by atoms with Gasteiger partial charge in [0, 0.05) is 29.0 Å². The van der Waals surface area contributed by atoms with Crippen LogP contribution in [0.3, 0.4) is 0 Å². The van der Waals surface area contributed by atoms with Crippen LogP contribution in [0.1, 0.15) is 45.3 Å². The van der Waals surface area contributed by atoms with E-state index in [0.29, 0.717) is 29.1 Å². The lowest BCUT2D eigenvalue weighted by atomic mass is 9.70. The van der Waals surface area contributed by atoms with Crippen molar-refractivity contribution < 1.29 is 13.9 Å². The highest BCUT2D eigenvalue weighted by Gasteiger charge is 2.42. The van der Waals surface area contributed by atoms with Gasteiger partial charge in [-0.2, -0.15) is 5.26 Å². The minimum absolute atomic E-state index is 0.0800. The van der Waals surface area contributed by atoms with E-state index in [0.717, 1.165) is 29.1 Å². The van der Waals surface area contributed by atoms with Crippen molar-refractivity contribution in [1.29, 1.82) is 5.26 Å². The van der Waals surface area contributed by atoms with Crippen LogP contribution in [0.5, 0.6) is 5.75 Å². The maximum absolute atomic E-state index is 13.1. The minimum Gasteiger partial charge on any atom is -0.497 e. The Balaban J connectivity index is 1.78. The quantitative estimate of drug-likeness (QED) is 0.793. The van der Waals surface area contributed by atoms with Gasteiger partial charge in [-0.05, 0) is 55.2 Å². The molecule has 0 amide bonds. The highest BCUT2D eigenvalue weighted by molar-refractivity contribution is 6.00. The van der Waals surface area contributed by atoms with Crippen molar-refractivity contribution in [1.82, 2.24) is 5.32 Å². The Labute approximate surface area is 170 Å². The summed E-state index contributed by atoms with van der Waals surface area (Å²) in [4.78, 5) is 13.1. The van der Waals surface area contributed by atoms with Crippen molar-refractivity contribution in [2.24, 2.45) is 5.41 Å². The monoisotopic (exact) mass is 388 g/mol. The molecular formula is C24H24N2O3. The van der Waals surface area contributed by atoms with Crippen LogP contribution in [0.25, 0.3) is 11.3 Å². The van der Waals surface area contributed by atoms with E-state index in [1.165, 1.54) is 0 Å². The molecule has 0 radical (unpaired) electrons. The molecule has 1 atom stereocenters. The fourth-order valence-electron chi connectivity index (χ4n) is 4.29. The second-order valence-electron chi connectivity index (χ2n) is 8.47. The van der Waals surface area contributed by atoms with Gasteiger partial charge in [0.25, 0.3) is 0 Å². The molecule has 5 heteroatoms. The number of allylic oxidation sites excluding steroid dienone is 4. The summed E-state index contributed by atoms with van der Waals surface area (Å²) < 4.78 is 11.4. The number of rotatable bonds is 3. The first-order valence-electron chi connectivity index (χ1n) is 9.71. The molecule has 1 N–H and O–H groups in total. The number of methoxy groups -OCH3 is 1. The van der Waals surface area contributed by atoms with Gasteiger partial charge < -0.3 is 14.5 Å². The standard InChI is InChI=1S/C24H24N2O3/c1-14-17(13-25)22(23-18(26-14)11-24(2,3)12-19(23)27)21-10-9-20(29-21)15-5-7-16(28-4)8-6-15/h5-10,22,26H,11-12H2,1-4H3. The zero-order chi connectivity index (χ0) is 20.8. The Morgan fingerprint density at radius 2 is 1.90 bits per heavy atom. The number of Topliss-reactive ketones (excluding diaryl/α,β-unsaturated/α-hetero) is 1. The van der Waals surface area contributed by atoms with Crippen LogP contribution in [0.4, 0.5) is 0 Å². The Morgan fingerprint density at radius 1 is 1.17 bits per heavy atom. The third-order valence-corrected chi connectivity index (χ3v) is 5.65. The number of ketones is 1. The molecule has 5 nitrogen and oxygen atoms in total. The van der Waals surface area contributed by atoms with Gasteiger partial charge in [-0.3, -0.25) is 4.79 Å².